The Hall–Kier alpha value is -0.671. The number of rotatable bonds is 3. The first-order chi connectivity index (χ1) is 5.63. The predicted octanol–water partition coefficient (Wildman–Crippen LogP) is -4.07. The molecule has 0 heterocycles. The monoisotopic (exact) mass is 275 g/mol. The molecule has 0 atom stereocenters. The fraction of sp³-hybridized carbons (Fsp3) is 0.500. The van der Waals surface area contributed by atoms with Crippen LogP contribution < -0.4 is 10.2 Å². The van der Waals surface area contributed by atoms with E-state index in [0.717, 1.165) is 0 Å². The van der Waals surface area contributed by atoms with Crippen LogP contribution in [0.15, 0.2) is 0 Å². The van der Waals surface area contributed by atoms with E-state index in [1.807, 2.05) is 0 Å². The third-order valence-corrected chi connectivity index (χ3v) is 0.533. The fourth-order valence-electron chi connectivity index (χ4n) is 0.204. The van der Waals surface area contributed by atoms with Gasteiger partial charge in [-0.05, 0) is 12.8 Å². The summed E-state index contributed by atoms with van der Waals surface area (Å²) in [5, 5.41) is 19.0. The molecule has 0 fully saturated rings. The van der Waals surface area contributed by atoms with Crippen LogP contribution in [0.4, 0.5) is 0 Å². The van der Waals surface area contributed by atoms with E-state index in [0.29, 0.717) is 0 Å². The normalized spacial score (nSPS) is 9.00. The molecule has 0 spiro atoms. The van der Waals surface area contributed by atoms with Crippen molar-refractivity contribution < 1.29 is 54.4 Å². The summed E-state index contributed by atoms with van der Waals surface area (Å²) in [6.07, 6.45) is -0.940. The Morgan fingerprint density at radius 1 is 0.929 bits per heavy atom. The van der Waals surface area contributed by atoms with Crippen LogP contribution in [0.1, 0.15) is 12.8 Å². The Morgan fingerprint density at radius 2 is 1.07 bits per heavy atom. The van der Waals surface area contributed by atoms with E-state index in [1.165, 1.54) is 0 Å². The molecule has 0 aliphatic heterocycles. The first-order valence-electron chi connectivity index (χ1n) is 2.69. The van der Waals surface area contributed by atoms with E-state index in [1.54, 1.807) is 0 Å². The zero-order valence-corrected chi connectivity index (χ0v) is 8.15. The van der Waals surface area contributed by atoms with Crippen molar-refractivity contribution in [2.24, 2.45) is 0 Å². The molecule has 0 rings (SSSR count). The maximum absolute atomic E-state index is 9.50. The van der Waals surface area contributed by atoms with Crippen molar-refractivity contribution in [3.8, 4) is 0 Å². The van der Waals surface area contributed by atoms with Crippen molar-refractivity contribution >= 4 is 22.3 Å². The summed E-state index contributed by atoms with van der Waals surface area (Å²) in [4.78, 5) is 19.0. The van der Waals surface area contributed by atoms with Crippen LogP contribution in [0.2, 0.25) is 0 Å². The molecule has 0 saturated carbocycles. The van der Waals surface area contributed by atoms with Crippen LogP contribution >= 0.6 is 0 Å². The number of carboxylic acid groups (broad SMARTS) is 2. The van der Waals surface area contributed by atoms with E-state index >= 15 is 0 Å². The molecule has 14 heavy (non-hydrogen) atoms. The second kappa shape index (κ2) is 8.91. The molecular formula is C4H4CuO8S-4. The van der Waals surface area contributed by atoms with Crippen LogP contribution in [-0.2, 0) is 37.1 Å². The SMILES string of the molecule is O=C([O-])CCC(=O)[O-].O=S(=O)([O-])[O-].[Cu]. The van der Waals surface area contributed by atoms with Gasteiger partial charge in [0.2, 0.25) is 0 Å². The second-order valence-electron chi connectivity index (χ2n) is 1.65. The van der Waals surface area contributed by atoms with Crippen molar-refractivity contribution in [3.63, 3.8) is 0 Å². The standard InChI is InChI=1S/C4H6O4.Cu.H2O4S/c5-3(6)1-2-4(7)8;;1-5(2,3)4/h1-2H2,(H,5,6)(H,7,8);;(H2,1,2,3,4)/p-4. The minimum Gasteiger partial charge on any atom is -0.759 e. The van der Waals surface area contributed by atoms with E-state index in [4.69, 9.17) is 17.5 Å². The molecular weight excluding hydrogens is 272 g/mol. The zero-order chi connectivity index (χ0) is 11.1. The van der Waals surface area contributed by atoms with E-state index in [2.05, 4.69) is 0 Å². The first kappa shape index (κ1) is 19.0. The van der Waals surface area contributed by atoms with Gasteiger partial charge in [-0.3, -0.25) is 8.42 Å². The summed E-state index contributed by atoms with van der Waals surface area (Å²) in [6, 6.07) is 0. The van der Waals surface area contributed by atoms with Crippen LogP contribution in [0.5, 0.6) is 0 Å². The summed E-state index contributed by atoms with van der Waals surface area (Å²) in [5.41, 5.74) is 0. The zero-order valence-electron chi connectivity index (χ0n) is 6.39. The number of hydrogen-bond acceptors (Lipinski definition) is 8. The largest absolute Gasteiger partial charge is 0.759 e. The fourth-order valence-corrected chi connectivity index (χ4v) is 0.204. The van der Waals surface area contributed by atoms with Gasteiger partial charge >= 0.3 is 0 Å². The van der Waals surface area contributed by atoms with Crippen LogP contribution in [0, 0.1) is 0 Å². The van der Waals surface area contributed by atoms with Gasteiger partial charge in [0, 0.05) is 39.4 Å². The number of hydrogen-bond donors (Lipinski definition) is 0. The minimum atomic E-state index is -5.17. The number of carbonyl (C=O) groups excluding carboxylic acids is 2. The van der Waals surface area contributed by atoms with E-state index in [9.17, 15) is 19.8 Å². The Bertz CT molecular complexity index is 247. The summed E-state index contributed by atoms with van der Waals surface area (Å²) in [6.45, 7) is 0. The van der Waals surface area contributed by atoms with Crippen LogP contribution in [0.25, 0.3) is 0 Å². The Morgan fingerprint density at radius 3 is 1.14 bits per heavy atom. The van der Waals surface area contributed by atoms with Crippen LogP contribution in [-0.4, -0.2) is 29.5 Å². The molecule has 0 saturated heterocycles. The van der Waals surface area contributed by atoms with E-state index < -0.39 is 35.2 Å². The Kier molecular flexibility index (Phi) is 12.1. The first-order valence-corrected chi connectivity index (χ1v) is 4.02. The molecule has 0 aliphatic rings. The minimum absolute atomic E-state index is 0. The van der Waals surface area contributed by atoms with Gasteiger partial charge in [-0.1, -0.05) is 0 Å². The maximum Gasteiger partial charge on any atom is 0.0418 e. The number of carbonyl (C=O) groups is 2. The molecule has 0 aromatic carbocycles. The molecule has 0 aromatic rings. The molecule has 0 aliphatic carbocycles. The number of aliphatic carboxylic acids is 2. The third-order valence-electron chi connectivity index (χ3n) is 0.533. The van der Waals surface area contributed by atoms with Gasteiger partial charge in [0.25, 0.3) is 0 Å². The molecule has 8 nitrogen and oxygen atoms in total. The maximum atomic E-state index is 9.50. The molecule has 0 N–H and O–H groups in total. The van der Waals surface area contributed by atoms with Crippen molar-refractivity contribution in [2.45, 2.75) is 12.8 Å². The van der Waals surface area contributed by atoms with Gasteiger partial charge in [-0.2, -0.15) is 0 Å². The molecule has 0 unspecified atom stereocenters. The van der Waals surface area contributed by atoms with Gasteiger partial charge in [0.1, 0.15) is 0 Å². The smallest absolute Gasteiger partial charge is 0.0418 e. The average Bonchev–Trinajstić information content (AvgIpc) is 1.79. The molecule has 1 radical (unpaired) electrons. The van der Waals surface area contributed by atoms with Gasteiger partial charge in [0.15, 0.2) is 0 Å². The van der Waals surface area contributed by atoms with Crippen molar-refractivity contribution in [1.82, 2.24) is 0 Å². The molecule has 10 heteroatoms. The van der Waals surface area contributed by atoms with Crippen molar-refractivity contribution in [3.05, 3.63) is 0 Å². The van der Waals surface area contributed by atoms with Gasteiger partial charge < -0.3 is 28.9 Å². The molecule has 0 bridgehead atoms. The molecule has 0 aromatic heterocycles. The average molecular weight is 276 g/mol. The molecule has 0 amide bonds. The molecule has 89 valence electrons. The van der Waals surface area contributed by atoms with Crippen molar-refractivity contribution in [1.29, 1.82) is 0 Å². The summed E-state index contributed by atoms with van der Waals surface area (Å²) in [5.74, 6) is -2.73. The van der Waals surface area contributed by atoms with Crippen LogP contribution in [0.3, 0.4) is 0 Å². The second-order valence-corrected chi connectivity index (χ2v) is 2.47. The van der Waals surface area contributed by atoms with E-state index in [-0.39, 0.29) is 17.1 Å². The Labute approximate surface area is 90.0 Å². The predicted molar refractivity (Wildman–Crippen MR) is 29.7 cm³/mol. The number of carboxylic acids is 2. The van der Waals surface area contributed by atoms with Gasteiger partial charge in [0.05, 0.1) is 0 Å². The quantitative estimate of drug-likeness (QED) is 0.285. The van der Waals surface area contributed by atoms with Gasteiger partial charge in [-0.15, -0.1) is 0 Å². The summed E-state index contributed by atoms with van der Waals surface area (Å²) < 4.78 is 34.1. The summed E-state index contributed by atoms with van der Waals surface area (Å²) >= 11 is 0. The van der Waals surface area contributed by atoms with Crippen molar-refractivity contribution in [2.75, 3.05) is 0 Å². The summed E-state index contributed by atoms with van der Waals surface area (Å²) in [7, 11) is -5.17. The third kappa shape index (κ3) is 64.5. The van der Waals surface area contributed by atoms with Gasteiger partial charge in [-0.25, -0.2) is 0 Å². The Balaban J connectivity index is -0.000000177. The topological polar surface area (TPSA) is 161 Å².